The first-order valence-electron chi connectivity index (χ1n) is 12.8. The van der Waals surface area contributed by atoms with Crippen LogP contribution in [0, 0.1) is 24.6 Å². The summed E-state index contributed by atoms with van der Waals surface area (Å²) in [5.74, 6) is 4.15. The molecule has 3 atom stereocenters. The van der Waals surface area contributed by atoms with Gasteiger partial charge in [-0.05, 0) is 55.9 Å². The normalized spacial score (nSPS) is 24.1. The maximum Gasteiger partial charge on any atom is 0.226 e. The number of piperidine rings is 1. The number of hydrogen-bond donors (Lipinski definition) is 2. The predicted octanol–water partition coefficient (Wildman–Crippen LogP) is 4.51. The van der Waals surface area contributed by atoms with E-state index < -0.39 is 0 Å². The molecule has 3 aliphatic rings. The molecule has 9 heteroatoms. The zero-order valence-electron chi connectivity index (χ0n) is 21.3. The van der Waals surface area contributed by atoms with Gasteiger partial charge in [-0.15, -0.1) is 0 Å². The van der Waals surface area contributed by atoms with Crippen LogP contribution in [0.25, 0.3) is 0 Å². The van der Waals surface area contributed by atoms with Gasteiger partial charge in [-0.25, -0.2) is 14.4 Å². The maximum absolute atomic E-state index is 13.6. The molecule has 0 radical (unpaired) electrons. The average Bonchev–Trinajstić information content (AvgIpc) is 3.25. The van der Waals surface area contributed by atoms with Crippen LogP contribution in [0.4, 0.5) is 33.5 Å². The second-order valence-electron chi connectivity index (χ2n) is 11.0. The summed E-state index contributed by atoms with van der Waals surface area (Å²) >= 11 is 0. The summed E-state index contributed by atoms with van der Waals surface area (Å²) in [6.07, 6.45) is 4.02. The van der Waals surface area contributed by atoms with Crippen LogP contribution in [0.3, 0.4) is 0 Å². The van der Waals surface area contributed by atoms with Gasteiger partial charge < -0.3 is 20.4 Å². The Labute approximate surface area is 211 Å². The molecule has 2 aliphatic heterocycles. The molecule has 1 aromatic carbocycles. The molecular formula is C27H33FN8. The molecule has 1 saturated carbocycles. The van der Waals surface area contributed by atoms with E-state index in [1.807, 2.05) is 26.1 Å². The molecule has 1 unspecified atom stereocenters. The SMILES string of the molecule is CNc1nc(NC2[C@@H]3CC[C@H]2CN(c2cc(C)ncn2)C3)nc2c1C(C)(C)CN2c1ccc(F)cc1. The van der Waals surface area contributed by atoms with Crippen molar-refractivity contribution >= 4 is 29.1 Å². The van der Waals surface area contributed by atoms with E-state index in [0.29, 0.717) is 23.8 Å². The van der Waals surface area contributed by atoms with Gasteiger partial charge in [-0.2, -0.15) is 9.97 Å². The summed E-state index contributed by atoms with van der Waals surface area (Å²) < 4.78 is 13.6. The molecule has 2 fully saturated rings. The number of aromatic nitrogens is 4. The second kappa shape index (κ2) is 8.57. The Hall–Kier alpha value is -3.49. The van der Waals surface area contributed by atoms with E-state index in [4.69, 9.17) is 9.97 Å². The van der Waals surface area contributed by atoms with Crippen LogP contribution in [0.2, 0.25) is 0 Å². The van der Waals surface area contributed by atoms with Crippen LogP contribution in [0.5, 0.6) is 0 Å². The zero-order chi connectivity index (χ0) is 25.0. The quantitative estimate of drug-likeness (QED) is 0.543. The fourth-order valence-electron chi connectivity index (χ4n) is 6.30. The van der Waals surface area contributed by atoms with Gasteiger partial charge in [0.2, 0.25) is 5.95 Å². The Morgan fingerprint density at radius 2 is 1.75 bits per heavy atom. The summed E-state index contributed by atoms with van der Waals surface area (Å²) in [5.41, 5.74) is 2.87. The Kier molecular flexibility index (Phi) is 5.46. The number of nitrogens with one attached hydrogen (secondary N) is 2. The number of benzene rings is 1. The molecule has 2 bridgehead atoms. The Morgan fingerprint density at radius 1 is 1.03 bits per heavy atom. The van der Waals surface area contributed by atoms with Crippen molar-refractivity contribution in [3.8, 4) is 0 Å². The highest BCUT2D eigenvalue weighted by molar-refractivity contribution is 5.75. The number of hydrogen-bond acceptors (Lipinski definition) is 8. The number of halogens is 1. The molecule has 6 rings (SSSR count). The molecule has 1 saturated heterocycles. The Balaban J connectivity index is 1.29. The van der Waals surface area contributed by atoms with Gasteiger partial charge in [-0.1, -0.05) is 13.8 Å². The lowest BCUT2D eigenvalue weighted by atomic mass is 9.88. The Morgan fingerprint density at radius 3 is 2.42 bits per heavy atom. The summed E-state index contributed by atoms with van der Waals surface area (Å²) in [4.78, 5) is 23.3. The second-order valence-corrected chi connectivity index (χ2v) is 11.0. The molecule has 188 valence electrons. The van der Waals surface area contributed by atoms with Crippen molar-refractivity contribution in [2.75, 3.05) is 47.1 Å². The minimum Gasteiger partial charge on any atom is -0.373 e. The van der Waals surface area contributed by atoms with Crippen LogP contribution in [0.1, 0.15) is 37.9 Å². The monoisotopic (exact) mass is 488 g/mol. The highest BCUT2D eigenvalue weighted by atomic mass is 19.1. The topological polar surface area (TPSA) is 82.1 Å². The van der Waals surface area contributed by atoms with Gasteiger partial charge in [-0.3, -0.25) is 0 Å². The van der Waals surface area contributed by atoms with Crippen LogP contribution < -0.4 is 20.4 Å². The van der Waals surface area contributed by atoms with Crippen molar-refractivity contribution < 1.29 is 4.39 Å². The smallest absolute Gasteiger partial charge is 0.226 e. The van der Waals surface area contributed by atoms with Gasteiger partial charge in [0.15, 0.2) is 0 Å². The van der Waals surface area contributed by atoms with E-state index in [0.717, 1.165) is 54.0 Å². The van der Waals surface area contributed by atoms with Crippen LogP contribution in [0.15, 0.2) is 36.7 Å². The fourth-order valence-corrected chi connectivity index (χ4v) is 6.30. The van der Waals surface area contributed by atoms with Crippen molar-refractivity contribution in [3.63, 3.8) is 0 Å². The first kappa shape index (κ1) is 22.9. The van der Waals surface area contributed by atoms with E-state index >= 15 is 0 Å². The number of aryl methyl sites for hydroxylation is 1. The third kappa shape index (κ3) is 3.90. The third-order valence-electron chi connectivity index (χ3n) is 7.99. The van der Waals surface area contributed by atoms with Crippen LogP contribution in [-0.2, 0) is 5.41 Å². The van der Waals surface area contributed by atoms with Gasteiger partial charge in [0.05, 0.1) is 0 Å². The molecule has 1 aliphatic carbocycles. The van der Waals surface area contributed by atoms with Crippen molar-refractivity contribution in [1.82, 2.24) is 19.9 Å². The molecule has 0 amide bonds. The lowest BCUT2D eigenvalue weighted by Crippen LogP contribution is -2.48. The number of anilines is 5. The molecule has 8 nitrogen and oxygen atoms in total. The molecular weight excluding hydrogens is 455 g/mol. The van der Waals surface area contributed by atoms with E-state index in [-0.39, 0.29) is 11.2 Å². The summed E-state index contributed by atoms with van der Waals surface area (Å²) in [6.45, 7) is 9.10. The van der Waals surface area contributed by atoms with Crippen LogP contribution >= 0.6 is 0 Å². The zero-order valence-corrected chi connectivity index (χ0v) is 21.3. The minimum atomic E-state index is -0.239. The molecule has 0 spiro atoms. The average molecular weight is 489 g/mol. The van der Waals surface area contributed by atoms with E-state index in [1.54, 1.807) is 6.33 Å². The third-order valence-corrected chi connectivity index (χ3v) is 7.99. The van der Waals surface area contributed by atoms with Crippen molar-refractivity contribution in [2.45, 2.75) is 45.1 Å². The van der Waals surface area contributed by atoms with Crippen molar-refractivity contribution in [3.05, 3.63) is 53.7 Å². The van der Waals surface area contributed by atoms with Crippen molar-refractivity contribution in [1.29, 1.82) is 0 Å². The predicted molar refractivity (Wildman–Crippen MR) is 141 cm³/mol. The highest BCUT2D eigenvalue weighted by Crippen LogP contribution is 2.47. The van der Waals surface area contributed by atoms with Gasteiger partial charge >= 0.3 is 0 Å². The van der Waals surface area contributed by atoms with E-state index in [9.17, 15) is 4.39 Å². The largest absolute Gasteiger partial charge is 0.373 e. The Bertz CT molecular complexity index is 1260. The highest BCUT2D eigenvalue weighted by Gasteiger charge is 2.44. The lowest BCUT2D eigenvalue weighted by molar-refractivity contribution is 0.375. The van der Waals surface area contributed by atoms with Crippen LogP contribution in [-0.4, -0.2) is 52.7 Å². The van der Waals surface area contributed by atoms with Crippen molar-refractivity contribution in [2.24, 2.45) is 11.8 Å². The van der Waals surface area contributed by atoms with Gasteiger partial charge in [0.1, 0.15) is 29.6 Å². The summed E-state index contributed by atoms with van der Waals surface area (Å²) in [5, 5.41) is 7.04. The number of nitrogens with zero attached hydrogens (tertiary/aromatic N) is 6. The molecule has 2 aromatic heterocycles. The molecule has 2 N–H and O–H groups in total. The van der Waals surface area contributed by atoms with Gasteiger partial charge in [0, 0.05) is 61.1 Å². The lowest BCUT2D eigenvalue weighted by Gasteiger charge is -2.39. The minimum absolute atomic E-state index is 0.152. The van der Waals surface area contributed by atoms with Gasteiger partial charge in [0.25, 0.3) is 0 Å². The number of rotatable bonds is 5. The standard InChI is InChI=1S/C27H33FN8/c1-16-11-21(31-15-30-16)35-12-17-5-6-18(13-35)23(17)32-26-33-24(29-4)22-25(34-26)36(14-27(22,2)3)20-9-7-19(28)8-10-20/h7-11,15,17-18,23H,5-6,12-14H2,1-4H3,(H2,29,32,33,34)/t17-,18+,23?. The first-order valence-corrected chi connectivity index (χ1v) is 12.8. The maximum atomic E-state index is 13.6. The molecule has 4 heterocycles. The molecule has 36 heavy (non-hydrogen) atoms. The molecule has 3 aromatic rings. The summed E-state index contributed by atoms with van der Waals surface area (Å²) in [6, 6.07) is 9.04. The fraction of sp³-hybridized carbons (Fsp3) is 0.481. The van der Waals surface area contributed by atoms with E-state index in [2.05, 4.69) is 50.3 Å². The first-order chi connectivity index (χ1) is 17.3. The number of fused-ring (bicyclic) bond motifs is 3. The summed E-state index contributed by atoms with van der Waals surface area (Å²) in [7, 11) is 1.91. The van der Waals surface area contributed by atoms with E-state index in [1.165, 1.54) is 25.0 Å².